The number of piperidine rings is 2. The normalized spacial score (nSPS) is 16.6. The van der Waals surface area contributed by atoms with Crippen LogP contribution in [0.2, 0.25) is 0 Å². The molecule has 0 spiro atoms. The van der Waals surface area contributed by atoms with Crippen LogP contribution < -0.4 is 5.32 Å². The van der Waals surface area contributed by atoms with Crippen LogP contribution >= 0.6 is 0 Å². The highest BCUT2D eigenvalue weighted by Crippen LogP contribution is 2.23. The van der Waals surface area contributed by atoms with Gasteiger partial charge in [0.05, 0.1) is 13.1 Å². The van der Waals surface area contributed by atoms with E-state index >= 15 is 0 Å². The highest BCUT2D eigenvalue weighted by atomic mass is 16.6. The monoisotopic (exact) mass is 857 g/mol. The lowest BCUT2D eigenvalue weighted by molar-refractivity contribution is -0.157. The summed E-state index contributed by atoms with van der Waals surface area (Å²) in [5.41, 5.74) is 3.24. The molecule has 2 amide bonds. The molecule has 0 atom stereocenters. The predicted octanol–water partition coefficient (Wildman–Crippen LogP) is 5.96. The molecule has 62 heavy (non-hydrogen) atoms. The van der Waals surface area contributed by atoms with E-state index in [1.807, 2.05) is 89.7 Å². The van der Waals surface area contributed by atoms with E-state index < -0.39 is 11.2 Å². The van der Waals surface area contributed by atoms with Crippen molar-refractivity contribution in [3.8, 4) is 0 Å². The molecule has 0 unspecified atom stereocenters. The molecule has 14 nitrogen and oxygen atoms in total. The molecule has 2 saturated heterocycles. The van der Waals surface area contributed by atoms with Gasteiger partial charge in [0.25, 0.3) is 0 Å². The topological polar surface area (TPSA) is 150 Å². The maximum atomic E-state index is 12.8. The molecule has 0 aliphatic carbocycles. The van der Waals surface area contributed by atoms with Crippen molar-refractivity contribution in [2.45, 2.75) is 117 Å². The van der Waals surface area contributed by atoms with E-state index in [9.17, 15) is 19.2 Å². The van der Waals surface area contributed by atoms with Crippen LogP contribution in [-0.2, 0) is 47.9 Å². The average Bonchev–Trinajstić information content (AvgIpc) is 3.22. The van der Waals surface area contributed by atoms with E-state index in [4.69, 9.17) is 14.5 Å². The summed E-state index contributed by atoms with van der Waals surface area (Å²) in [6.07, 6.45) is 10.6. The molecule has 0 radical (unpaired) electrons. The highest BCUT2D eigenvalue weighted by Gasteiger charge is 2.30. The molecule has 3 aromatic heterocycles. The molecular weight excluding hydrogens is 785 g/mol. The van der Waals surface area contributed by atoms with Crippen LogP contribution in [0.25, 0.3) is 11.0 Å². The van der Waals surface area contributed by atoms with Crippen molar-refractivity contribution < 1.29 is 28.7 Å². The van der Waals surface area contributed by atoms with Crippen molar-refractivity contribution in [1.82, 2.24) is 34.6 Å². The number of fused-ring (bicyclic) bond motifs is 2. The second-order valence-electron chi connectivity index (χ2n) is 19.2. The minimum Gasteiger partial charge on any atom is -0.459 e. The number of hydrogen-bond acceptors (Lipinski definition) is 12. The predicted molar refractivity (Wildman–Crippen MR) is 243 cm³/mol. The van der Waals surface area contributed by atoms with Gasteiger partial charge in [-0.25, -0.2) is 15.0 Å². The first-order chi connectivity index (χ1) is 29.4. The summed E-state index contributed by atoms with van der Waals surface area (Å²) < 4.78 is 10.8. The van der Waals surface area contributed by atoms with Gasteiger partial charge >= 0.3 is 11.9 Å². The number of amides is 2. The SMILES string of the molecule is CN(CCCc1ccc2c(n1)NCCC2)C(=O)C1CCN(CC(=O)OC(C)(C)C)CC1.CN(CCCc1ccc2cccnc2n1)C(=O)C1CCN(CC(=O)OC(C)(C)C)CC1. The van der Waals surface area contributed by atoms with Gasteiger partial charge in [0.2, 0.25) is 11.8 Å². The highest BCUT2D eigenvalue weighted by molar-refractivity contribution is 5.79. The Morgan fingerprint density at radius 3 is 1.73 bits per heavy atom. The summed E-state index contributed by atoms with van der Waals surface area (Å²) in [5.74, 6) is 1.13. The summed E-state index contributed by atoms with van der Waals surface area (Å²) in [4.78, 5) is 71.2. The largest absolute Gasteiger partial charge is 0.459 e. The van der Waals surface area contributed by atoms with Gasteiger partial charge in [-0.2, -0.15) is 0 Å². The number of carbonyl (C=O) groups is 4. The first kappa shape index (κ1) is 48.3. The van der Waals surface area contributed by atoms with Gasteiger partial charge in [0.1, 0.15) is 17.0 Å². The number of carbonyl (C=O) groups excluding carboxylic acids is 4. The number of anilines is 1. The van der Waals surface area contributed by atoms with E-state index in [-0.39, 0.29) is 35.6 Å². The van der Waals surface area contributed by atoms with Crippen LogP contribution in [0.4, 0.5) is 5.82 Å². The number of aromatic nitrogens is 3. The number of hydrogen-bond donors (Lipinski definition) is 1. The molecule has 6 rings (SSSR count). The first-order valence-electron chi connectivity index (χ1n) is 22.7. The van der Waals surface area contributed by atoms with Gasteiger partial charge in [0.15, 0.2) is 5.65 Å². The number of nitrogens with one attached hydrogen (secondary N) is 1. The standard InChI is InChI=1S/C24H38N4O3.C24H34N4O3/c2*1-24(2,3)31-21(29)17-28-15-11-19(12-16-28)23(30)27(4)14-6-8-20-10-9-18-7-5-13-25-22(18)26-20/h9-10,19H,5-8,11-17H2,1-4H3,(H,25,26);5,7,9-10,13,19H,6,8,11-12,14-17H2,1-4H3. The second-order valence-corrected chi connectivity index (χ2v) is 19.2. The van der Waals surface area contributed by atoms with Gasteiger partial charge in [-0.15, -0.1) is 0 Å². The lowest BCUT2D eigenvalue weighted by atomic mass is 9.95. The Morgan fingerprint density at radius 2 is 1.21 bits per heavy atom. The molecule has 0 saturated carbocycles. The van der Waals surface area contributed by atoms with Gasteiger partial charge in [-0.3, -0.25) is 29.0 Å². The third kappa shape index (κ3) is 15.9. The van der Waals surface area contributed by atoms with Crippen molar-refractivity contribution in [2.75, 3.05) is 78.3 Å². The zero-order valence-electron chi connectivity index (χ0n) is 38.7. The molecule has 6 heterocycles. The van der Waals surface area contributed by atoms with Crippen molar-refractivity contribution in [3.05, 3.63) is 59.5 Å². The quantitative estimate of drug-likeness (QED) is 0.191. The lowest BCUT2D eigenvalue weighted by Gasteiger charge is -2.33. The third-order valence-electron chi connectivity index (χ3n) is 11.5. The van der Waals surface area contributed by atoms with Gasteiger partial charge < -0.3 is 24.6 Å². The zero-order valence-corrected chi connectivity index (χ0v) is 38.7. The number of aryl methyl sites for hydroxylation is 3. The molecule has 1 N–H and O–H groups in total. The minimum atomic E-state index is -0.465. The van der Waals surface area contributed by atoms with Crippen LogP contribution in [0.3, 0.4) is 0 Å². The number of rotatable bonds is 14. The number of ether oxygens (including phenoxy) is 2. The van der Waals surface area contributed by atoms with Crippen LogP contribution in [0.5, 0.6) is 0 Å². The number of likely N-dealkylation sites (tertiary alicyclic amines) is 2. The Bertz CT molecular complexity index is 1950. The maximum Gasteiger partial charge on any atom is 0.320 e. The number of pyridine rings is 3. The van der Waals surface area contributed by atoms with E-state index in [2.05, 4.69) is 37.2 Å². The maximum absolute atomic E-state index is 12.8. The molecule has 0 bridgehead atoms. The Hall–Kier alpha value is -4.69. The summed E-state index contributed by atoms with van der Waals surface area (Å²) in [6.45, 7) is 17.3. The fourth-order valence-corrected chi connectivity index (χ4v) is 8.27. The Kier molecular flexibility index (Phi) is 17.6. The molecule has 14 heteroatoms. The molecule has 340 valence electrons. The van der Waals surface area contributed by atoms with E-state index in [1.54, 1.807) is 6.20 Å². The molecule has 2 fully saturated rings. The van der Waals surface area contributed by atoms with Crippen LogP contribution in [0.15, 0.2) is 42.6 Å². The Balaban J connectivity index is 0.000000234. The summed E-state index contributed by atoms with van der Waals surface area (Å²) in [5, 5.41) is 4.42. The summed E-state index contributed by atoms with van der Waals surface area (Å²) in [6, 6.07) is 12.3. The minimum absolute atomic E-state index is 0.0304. The van der Waals surface area contributed by atoms with E-state index in [0.29, 0.717) is 19.6 Å². The molecular formula is C48H72N8O6. The third-order valence-corrected chi connectivity index (χ3v) is 11.5. The van der Waals surface area contributed by atoms with Crippen molar-refractivity contribution in [1.29, 1.82) is 0 Å². The lowest BCUT2D eigenvalue weighted by Crippen LogP contribution is -2.44. The van der Waals surface area contributed by atoms with Crippen molar-refractivity contribution in [2.24, 2.45) is 11.8 Å². The van der Waals surface area contributed by atoms with Crippen molar-refractivity contribution >= 4 is 40.6 Å². The van der Waals surface area contributed by atoms with Gasteiger partial charge in [0, 0.05) is 68.5 Å². The fourth-order valence-electron chi connectivity index (χ4n) is 8.27. The Morgan fingerprint density at radius 1 is 0.710 bits per heavy atom. The molecule has 3 aliphatic rings. The fraction of sp³-hybridized carbons (Fsp3) is 0.646. The van der Waals surface area contributed by atoms with E-state index in [1.165, 1.54) is 12.0 Å². The molecule has 3 aliphatic heterocycles. The zero-order chi connectivity index (χ0) is 44.9. The summed E-state index contributed by atoms with van der Waals surface area (Å²) >= 11 is 0. The Labute approximate surface area is 369 Å². The smallest absolute Gasteiger partial charge is 0.320 e. The number of nitrogens with zero attached hydrogens (tertiary/aromatic N) is 7. The average molecular weight is 857 g/mol. The van der Waals surface area contributed by atoms with Crippen molar-refractivity contribution in [3.63, 3.8) is 0 Å². The van der Waals surface area contributed by atoms with E-state index in [0.717, 1.165) is 125 Å². The molecule has 0 aromatic carbocycles. The first-order valence-corrected chi connectivity index (χ1v) is 22.7. The van der Waals surface area contributed by atoms with Crippen LogP contribution in [0, 0.1) is 11.8 Å². The van der Waals surface area contributed by atoms with Gasteiger partial charge in [-0.1, -0.05) is 6.07 Å². The summed E-state index contributed by atoms with van der Waals surface area (Å²) in [7, 11) is 3.78. The van der Waals surface area contributed by atoms with Gasteiger partial charge in [-0.05, 0) is 168 Å². The second kappa shape index (κ2) is 22.6. The van der Waals surface area contributed by atoms with Crippen LogP contribution in [-0.4, -0.2) is 143 Å². The molecule has 3 aromatic rings. The number of esters is 2. The van der Waals surface area contributed by atoms with Crippen LogP contribution in [0.1, 0.15) is 103 Å².